The van der Waals surface area contributed by atoms with Crippen LogP contribution < -0.4 is 0 Å². The van der Waals surface area contributed by atoms with Crippen molar-refractivity contribution >= 4 is 10.1 Å². The third-order valence-electron chi connectivity index (χ3n) is 7.41. The van der Waals surface area contributed by atoms with Crippen molar-refractivity contribution in [1.82, 2.24) is 4.90 Å². The number of hydrogen-bond donors (Lipinski definition) is 2. The van der Waals surface area contributed by atoms with Crippen LogP contribution in [0.5, 0.6) is 0 Å². The summed E-state index contributed by atoms with van der Waals surface area (Å²) in [4.78, 5) is 2.28. The summed E-state index contributed by atoms with van der Waals surface area (Å²) in [6.07, 6.45) is 24.6. The Balaban J connectivity index is 4.39. The lowest BCUT2D eigenvalue weighted by atomic mass is 10.0. The molecule has 0 aliphatic heterocycles. The van der Waals surface area contributed by atoms with Gasteiger partial charge in [0.25, 0.3) is 10.1 Å². The molecule has 0 aromatic carbocycles. The van der Waals surface area contributed by atoms with Crippen LogP contribution in [-0.2, 0) is 10.1 Å². The number of rotatable bonds is 26. The molecule has 0 saturated heterocycles. The van der Waals surface area contributed by atoms with Crippen LogP contribution in [0.2, 0.25) is 0 Å². The van der Waals surface area contributed by atoms with Gasteiger partial charge in [-0.1, -0.05) is 129 Å². The van der Waals surface area contributed by atoms with Crippen molar-refractivity contribution in [2.45, 2.75) is 174 Å². The highest BCUT2D eigenvalue weighted by atomic mass is 32.2. The van der Waals surface area contributed by atoms with Crippen molar-refractivity contribution in [2.24, 2.45) is 0 Å². The minimum absolute atomic E-state index is 0.296. The van der Waals surface area contributed by atoms with Crippen molar-refractivity contribution in [2.75, 3.05) is 12.3 Å². The van der Waals surface area contributed by atoms with E-state index in [1.807, 2.05) is 0 Å². The molecule has 6 heteroatoms. The zero-order valence-electron chi connectivity index (χ0n) is 23.9. The Morgan fingerprint density at radius 3 is 1.23 bits per heavy atom. The molecular weight excluding hydrogens is 458 g/mol. The predicted molar refractivity (Wildman–Crippen MR) is 152 cm³/mol. The van der Waals surface area contributed by atoms with Gasteiger partial charge in [-0.2, -0.15) is 8.42 Å². The van der Waals surface area contributed by atoms with E-state index in [2.05, 4.69) is 32.6 Å². The van der Waals surface area contributed by atoms with Gasteiger partial charge >= 0.3 is 0 Å². The zero-order chi connectivity index (χ0) is 26.4. The molecule has 0 aliphatic carbocycles. The second-order valence-corrected chi connectivity index (χ2v) is 12.5. The minimum Gasteiger partial charge on any atom is -0.391 e. The second-order valence-electron chi connectivity index (χ2n) is 11.0. The lowest BCUT2D eigenvalue weighted by molar-refractivity contribution is 0.0678. The molecule has 0 radical (unpaired) electrons. The fourth-order valence-corrected chi connectivity index (χ4v) is 5.76. The maximum atomic E-state index is 11.3. The van der Waals surface area contributed by atoms with E-state index in [0.717, 1.165) is 12.8 Å². The van der Waals surface area contributed by atoms with Crippen LogP contribution in [0.15, 0.2) is 0 Å². The quantitative estimate of drug-likeness (QED) is 0.0890. The Hall–Kier alpha value is -0.170. The van der Waals surface area contributed by atoms with E-state index in [1.165, 1.54) is 116 Å². The number of aliphatic hydroxyl groups excluding tert-OH is 1. The van der Waals surface area contributed by atoms with E-state index in [9.17, 15) is 13.5 Å². The predicted octanol–water partition coefficient (Wildman–Crippen LogP) is 8.16. The molecular formula is C29H61NO4S. The maximum Gasteiger partial charge on any atom is 0.267 e. The molecule has 0 rings (SSSR count). The van der Waals surface area contributed by atoms with Gasteiger partial charge < -0.3 is 5.11 Å². The van der Waals surface area contributed by atoms with E-state index in [1.54, 1.807) is 0 Å². The highest BCUT2D eigenvalue weighted by Gasteiger charge is 2.24. The molecule has 0 aromatic heterocycles. The normalized spacial score (nSPS) is 14.9. The summed E-state index contributed by atoms with van der Waals surface area (Å²) in [5.41, 5.74) is 0. The number of unbranched alkanes of at least 4 members (excludes halogenated alkanes) is 16. The molecule has 0 fully saturated rings. The van der Waals surface area contributed by atoms with Gasteiger partial charge in [-0.3, -0.25) is 9.45 Å². The molecule has 0 aliphatic rings. The summed E-state index contributed by atoms with van der Waals surface area (Å²) in [5, 5.41) is 10.3. The monoisotopic (exact) mass is 519 g/mol. The summed E-state index contributed by atoms with van der Waals surface area (Å²) >= 11 is 0. The van der Waals surface area contributed by atoms with Crippen molar-refractivity contribution in [3.05, 3.63) is 0 Å². The van der Waals surface area contributed by atoms with Crippen LogP contribution in [0.1, 0.15) is 156 Å². The Morgan fingerprint density at radius 2 is 0.914 bits per heavy atom. The Morgan fingerprint density at radius 1 is 0.600 bits per heavy atom. The summed E-state index contributed by atoms with van der Waals surface area (Å²) in [5.74, 6) is -0.584. The van der Waals surface area contributed by atoms with Crippen LogP contribution >= 0.6 is 0 Å². The van der Waals surface area contributed by atoms with E-state index in [4.69, 9.17) is 4.55 Å². The van der Waals surface area contributed by atoms with Gasteiger partial charge in [-0.25, -0.2) is 0 Å². The fraction of sp³-hybridized carbons (Fsp3) is 1.00. The van der Waals surface area contributed by atoms with Crippen LogP contribution in [0.4, 0.5) is 0 Å². The Bertz CT molecular complexity index is 527. The summed E-state index contributed by atoms with van der Waals surface area (Å²) in [7, 11) is -4.17. The lowest BCUT2D eigenvalue weighted by Crippen LogP contribution is -2.46. The first kappa shape index (κ1) is 34.8. The average Bonchev–Trinajstić information content (AvgIpc) is 2.79. The van der Waals surface area contributed by atoms with E-state index < -0.39 is 22.0 Å². The first-order valence-corrected chi connectivity index (χ1v) is 16.7. The number of hydrogen-bond acceptors (Lipinski definition) is 4. The molecule has 5 nitrogen and oxygen atoms in total. The molecule has 212 valence electrons. The van der Waals surface area contributed by atoms with Gasteiger partial charge in [0.05, 0.1) is 6.10 Å². The number of nitrogens with zero attached hydrogens (tertiary/aromatic N) is 1. The molecule has 0 aromatic rings. The average molecular weight is 520 g/mol. The van der Waals surface area contributed by atoms with E-state index >= 15 is 0 Å². The minimum atomic E-state index is -4.17. The van der Waals surface area contributed by atoms with Crippen LogP contribution in [-0.4, -0.2) is 53.5 Å². The molecule has 0 amide bonds. The van der Waals surface area contributed by atoms with Crippen LogP contribution in [0.25, 0.3) is 0 Å². The zero-order valence-corrected chi connectivity index (χ0v) is 24.7. The van der Waals surface area contributed by atoms with Crippen LogP contribution in [0, 0.1) is 0 Å². The van der Waals surface area contributed by atoms with Gasteiger partial charge in [0, 0.05) is 18.6 Å². The molecule has 3 atom stereocenters. The number of aliphatic hydroxyl groups is 1. The first-order valence-electron chi connectivity index (χ1n) is 15.1. The van der Waals surface area contributed by atoms with Gasteiger partial charge in [0.1, 0.15) is 5.75 Å². The highest BCUT2D eigenvalue weighted by molar-refractivity contribution is 7.85. The lowest BCUT2D eigenvalue weighted by Gasteiger charge is -2.36. The fourth-order valence-electron chi connectivity index (χ4n) is 5.17. The van der Waals surface area contributed by atoms with Gasteiger partial charge in [-0.05, 0) is 26.7 Å². The van der Waals surface area contributed by atoms with Crippen molar-refractivity contribution < 1.29 is 18.1 Å². The summed E-state index contributed by atoms with van der Waals surface area (Å²) in [6.45, 7) is 9.22. The van der Waals surface area contributed by atoms with Gasteiger partial charge in [0.15, 0.2) is 0 Å². The summed E-state index contributed by atoms with van der Waals surface area (Å²) < 4.78 is 31.7. The van der Waals surface area contributed by atoms with Gasteiger partial charge in [-0.15, -0.1) is 0 Å². The highest BCUT2D eigenvalue weighted by Crippen LogP contribution is 2.20. The molecule has 35 heavy (non-hydrogen) atoms. The first-order chi connectivity index (χ1) is 16.7. The van der Waals surface area contributed by atoms with Gasteiger partial charge in [0.2, 0.25) is 0 Å². The summed E-state index contributed by atoms with van der Waals surface area (Å²) in [6, 6.07) is 0.591. The van der Waals surface area contributed by atoms with E-state index in [-0.39, 0.29) is 0 Å². The molecule has 2 N–H and O–H groups in total. The van der Waals surface area contributed by atoms with Crippen molar-refractivity contribution in [3.63, 3.8) is 0 Å². The second kappa shape index (κ2) is 23.0. The smallest absolute Gasteiger partial charge is 0.267 e. The molecule has 3 unspecified atom stereocenters. The van der Waals surface area contributed by atoms with Crippen molar-refractivity contribution in [1.29, 1.82) is 0 Å². The topological polar surface area (TPSA) is 77.8 Å². The molecule has 0 saturated carbocycles. The Kier molecular flexibility index (Phi) is 22.9. The standard InChI is InChI=1S/C29H61NO4S/c1-5-7-9-11-13-15-17-19-21-23-27(3)30(25-29(31)26-35(32,33)34)28(4)24-22-20-18-16-14-12-10-8-6-2/h27-29,31H,5-26H2,1-4H3,(H,32,33,34). The maximum absolute atomic E-state index is 11.3. The van der Waals surface area contributed by atoms with E-state index in [0.29, 0.717) is 18.6 Å². The molecule has 0 heterocycles. The van der Waals surface area contributed by atoms with Crippen molar-refractivity contribution in [3.8, 4) is 0 Å². The largest absolute Gasteiger partial charge is 0.391 e. The molecule has 0 bridgehead atoms. The molecule has 0 spiro atoms. The SMILES string of the molecule is CCCCCCCCCCCC(C)N(CC(O)CS(=O)(=O)O)C(C)CCCCCCCCCCC. The Labute approximate surface area is 219 Å². The van der Waals surface area contributed by atoms with Crippen LogP contribution in [0.3, 0.4) is 0 Å². The third kappa shape index (κ3) is 22.7. The third-order valence-corrected chi connectivity index (χ3v) is 8.21.